The number of fused-ring (bicyclic) bond motifs is 9. The highest BCUT2D eigenvalue weighted by molar-refractivity contribution is 8.00. The van der Waals surface area contributed by atoms with Gasteiger partial charge in [0.2, 0.25) is 12.6 Å². The lowest BCUT2D eigenvalue weighted by molar-refractivity contribution is -0.157. The van der Waals surface area contributed by atoms with Crippen molar-refractivity contribution in [1.82, 2.24) is 9.80 Å². The first-order chi connectivity index (χ1) is 21.1. The van der Waals surface area contributed by atoms with Gasteiger partial charge >= 0.3 is 11.9 Å². The maximum atomic E-state index is 13.0. The molecule has 0 aliphatic carbocycles. The molecule has 2 aromatic rings. The minimum atomic E-state index is -0.903. The number of methoxy groups -OCH3 is 1. The Kier molecular flexibility index (Phi) is 6.84. The zero-order valence-corrected chi connectivity index (χ0v) is 26.2. The van der Waals surface area contributed by atoms with E-state index in [4.69, 9.17) is 30.3 Å². The highest BCUT2D eigenvalue weighted by atomic mass is 32.2. The van der Waals surface area contributed by atoms with Crippen LogP contribution in [0.2, 0.25) is 0 Å². The molecule has 0 N–H and O–H groups in total. The number of rotatable bonds is 2. The molecule has 44 heavy (non-hydrogen) atoms. The molecule has 11 nitrogen and oxygen atoms in total. The number of benzene rings is 2. The number of ketones is 1. The first kappa shape index (κ1) is 29.0. The van der Waals surface area contributed by atoms with Crippen molar-refractivity contribution in [2.45, 2.75) is 69.7 Å². The molecule has 0 aromatic heterocycles. The third-order valence-corrected chi connectivity index (χ3v) is 11.1. The van der Waals surface area contributed by atoms with Crippen LogP contribution in [0.4, 0.5) is 0 Å². The molecule has 5 aliphatic rings. The van der Waals surface area contributed by atoms with Crippen LogP contribution in [0.5, 0.6) is 23.0 Å². The minimum Gasteiger partial charge on any atom is -0.496 e. The standard InChI is InChI=1S/C32H33N3O8S/c1-13-8-17-9-18-31(33-5)35-19-10-40-32(38)20(37)11-44-30(25(35)24(34(18)6)21(17)14(2)26(13)39-7)23-22(19)29-28(41-12-42-29)15(3)27(23)43-16(4)36/h8,18-19,24-25,30-31H,9-12H2,1-4,6-7H3/t18-,19+,24+,25?,30+,31+/m0/s1. The Bertz CT molecular complexity index is 1680. The average molecular weight is 620 g/mol. The second-order valence-electron chi connectivity index (χ2n) is 12.0. The average Bonchev–Trinajstić information content (AvgIpc) is 3.47. The Morgan fingerprint density at radius 3 is 2.52 bits per heavy atom. The number of cyclic esters (lactones) is 1. The summed E-state index contributed by atoms with van der Waals surface area (Å²) in [7, 11) is 3.73. The predicted octanol–water partition coefficient (Wildman–Crippen LogP) is 3.76. The first-order valence-corrected chi connectivity index (χ1v) is 15.6. The van der Waals surface area contributed by atoms with Crippen LogP contribution < -0.4 is 18.9 Å². The predicted molar refractivity (Wildman–Crippen MR) is 159 cm³/mol. The highest BCUT2D eigenvalue weighted by Crippen LogP contribution is 2.63. The van der Waals surface area contributed by atoms with Gasteiger partial charge in [-0.3, -0.25) is 19.3 Å². The third-order valence-electron chi connectivity index (χ3n) is 9.78. The topological polar surface area (TPSA) is 108 Å². The molecule has 0 spiro atoms. The molecule has 12 heteroatoms. The zero-order valence-electron chi connectivity index (χ0n) is 25.4. The number of nitrogens with zero attached hydrogens (tertiary/aromatic N) is 3. The lowest BCUT2D eigenvalue weighted by Crippen LogP contribution is -2.68. The number of carbonyl (C=O) groups is 3. The number of aryl methyl sites for hydroxylation is 1. The SMILES string of the molecule is [C-]#[N+][C@H]1[C@@H]2Cc3cc(C)c(OC)c(C)c3[C@H](C3[C@@H]4SCC(=O)C(=O)OC[C@H](c5c6c(c(C)c(OC(C)=O)c54)OCO6)N31)N2C. The van der Waals surface area contributed by atoms with Gasteiger partial charge in [0.05, 0.1) is 36.2 Å². The van der Waals surface area contributed by atoms with E-state index in [1.165, 1.54) is 24.2 Å². The van der Waals surface area contributed by atoms with E-state index in [1.807, 2.05) is 13.8 Å². The Labute approximate surface area is 259 Å². The monoisotopic (exact) mass is 619 g/mol. The molecule has 5 aliphatic heterocycles. The summed E-state index contributed by atoms with van der Waals surface area (Å²) in [5.41, 5.74) is 6.36. The van der Waals surface area contributed by atoms with E-state index in [-0.39, 0.29) is 37.3 Å². The van der Waals surface area contributed by atoms with Crippen LogP contribution in [0.3, 0.4) is 0 Å². The summed E-state index contributed by atoms with van der Waals surface area (Å²) in [6.07, 6.45) is 0.0493. The van der Waals surface area contributed by atoms with Crippen molar-refractivity contribution in [3.8, 4) is 23.0 Å². The quantitative estimate of drug-likeness (QED) is 0.212. The minimum absolute atomic E-state index is 0.0235. The fourth-order valence-electron chi connectivity index (χ4n) is 8.20. The van der Waals surface area contributed by atoms with E-state index in [0.717, 1.165) is 22.4 Å². The van der Waals surface area contributed by atoms with Crippen molar-refractivity contribution < 1.29 is 38.1 Å². The largest absolute Gasteiger partial charge is 0.496 e. The molecule has 230 valence electrons. The normalized spacial score (nSPS) is 28.8. The lowest BCUT2D eigenvalue weighted by atomic mass is 9.72. The molecular formula is C32H33N3O8S. The van der Waals surface area contributed by atoms with Crippen molar-refractivity contribution in [2.24, 2.45) is 0 Å². The number of piperazine rings is 1. The summed E-state index contributed by atoms with van der Waals surface area (Å²) < 4.78 is 29.5. The molecule has 2 saturated heterocycles. The summed E-state index contributed by atoms with van der Waals surface area (Å²) in [6.45, 7) is 15.6. The molecule has 6 atom stereocenters. The van der Waals surface area contributed by atoms with Gasteiger partial charge in [-0.2, -0.15) is 0 Å². The Morgan fingerprint density at radius 2 is 1.82 bits per heavy atom. The van der Waals surface area contributed by atoms with E-state index >= 15 is 0 Å². The highest BCUT2D eigenvalue weighted by Gasteiger charge is 2.62. The van der Waals surface area contributed by atoms with Crippen LogP contribution in [0.25, 0.3) is 4.85 Å². The van der Waals surface area contributed by atoms with Gasteiger partial charge in [-0.25, -0.2) is 16.3 Å². The maximum absolute atomic E-state index is 13.0. The summed E-state index contributed by atoms with van der Waals surface area (Å²) in [5.74, 6) is -0.0496. The molecule has 5 heterocycles. The summed E-state index contributed by atoms with van der Waals surface area (Å²) in [4.78, 5) is 47.0. The van der Waals surface area contributed by atoms with Crippen LogP contribution >= 0.6 is 11.8 Å². The third kappa shape index (κ3) is 3.92. The molecule has 0 radical (unpaired) electrons. The number of ether oxygens (including phenoxy) is 5. The van der Waals surface area contributed by atoms with Gasteiger partial charge in [-0.15, -0.1) is 11.8 Å². The van der Waals surface area contributed by atoms with Crippen LogP contribution in [0.15, 0.2) is 6.07 Å². The zero-order chi connectivity index (χ0) is 31.2. The van der Waals surface area contributed by atoms with Crippen molar-refractivity contribution >= 4 is 29.5 Å². The van der Waals surface area contributed by atoms with Crippen LogP contribution in [0.1, 0.15) is 63.2 Å². The first-order valence-electron chi connectivity index (χ1n) is 14.6. The van der Waals surface area contributed by atoms with Gasteiger partial charge in [0.1, 0.15) is 24.1 Å². The Hall–Kier alpha value is -3.79. The number of carbonyl (C=O) groups excluding carboxylic acids is 3. The van der Waals surface area contributed by atoms with Crippen molar-refractivity contribution in [2.75, 3.05) is 33.3 Å². The Balaban J connectivity index is 1.57. The van der Waals surface area contributed by atoms with Gasteiger partial charge in [0.25, 0.3) is 6.17 Å². The van der Waals surface area contributed by atoms with E-state index < -0.39 is 35.2 Å². The van der Waals surface area contributed by atoms with Gasteiger partial charge in [0.15, 0.2) is 11.5 Å². The number of thioether (sulfide) groups is 1. The summed E-state index contributed by atoms with van der Waals surface area (Å²) in [5, 5.41) is -0.492. The Morgan fingerprint density at radius 1 is 1.07 bits per heavy atom. The van der Waals surface area contributed by atoms with E-state index in [2.05, 4.69) is 34.7 Å². The molecule has 2 aromatic carbocycles. The molecular weight excluding hydrogens is 586 g/mol. The fourth-order valence-corrected chi connectivity index (χ4v) is 9.53. The van der Waals surface area contributed by atoms with Crippen molar-refractivity contribution in [1.29, 1.82) is 0 Å². The number of hydrogen-bond acceptors (Lipinski definition) is 11. The fraction of sp³-hybridized carbons (Fsp3) is 0.500. The second kappa shape index (κ2) is 10.4. The second-order valence-corrected chi connectivity index (χ2v) is 13.1. The lowest BCUT2D eigenvalue weighted by Gasteiger charge is -2.59. The summed E-state index contributed by atoms with van der Waals surface area (Å²) in [6, 6.07) is 0.751. The van der Waals surface area contributed by atoms with Gasteiger partial charge in [-0.1, -0.05) is 6.07 Å². The van der Waals surface area contributed by atoms with Crippen LogP contribution in [-0.4, -0.2) is 79.1 Å². The molecule has 0 saturated carbocycles. The van der Waals surface area contributed by atoms with Gasteiger partial charge in [0, 0.05) is 23.6 Å². The van der Waals surface area contributed by atoms with Crippen LogP contribution in [-0.2, 0) is 25.5 Å². The molecule has 7 rings (SSSR count). The number of esters is 2. The van der Waals surface area contributed by atoms with E-state index in [1.54, 1.807) is 7.11 Å². The van der Waals surface area contributed by atoms with E-state index in [0.29, 0.717) is 40.4 Å². The maximum Gasteiger partial charge on any atom is 0.375 e. The van der Waals surface area contributed by atoms with Crippen molar-refractivity contribution in [3.05, 3.63) is 56.4 Å². The number of likely N-dealkylation sites (N-methyl/N-ethyl adjacent to an activating group) is 1. The molecule has 0 amide bonds. The van der Waals surface area contributed by atoms with E-state index in [9.17, 15) is 14.4 Å². The molecule has 2 fully saturated rings. The number of hydrogen-bond donors (Lipinski definition) is 0. The smallest absolute Gasteiger partial charge is 0.375 e. The van der Waals surface area contributed by atoms with Gasteiger partial charge < -0.3 is 23.7 Å². The summed E-state index contributed by atoms with van der Waals surface area (Å²) >= 11 is 1.31. The number of Topliss-reactive ketones (excluding diaryl/α,β-unsaturated/α-hetero) is 1. The molecule has 4 bridgehead atoms. The van der Waals surface area contributed by atoms with Crippen LogP contribution in [0, 0.1) is 27.3 Å². The molecule has 1 unspecified atom stereocenters. The van der Waals surface area contributed by atoms with Gasteiger partial charge in [-0.05, 0) is 56.5 Å². The van der Waals surface area contributed by atoms with Crippen molar-refractivity contribution in [3.63, 3.8) is 0 Å².